The second-order valence-corrected chi connectivity index (χ2v) is 5.02. The van der Waals surface area contributed by atoms with Crippen molar-refractivity contribution >= 4 is 12.7 Å². The molecule has 1 aromatic rings. The monoisotopic (exact) mass is 257 g/mol. The standard InChI is InChI=1S/C13H21BN2O2/c1-6-7-10-8-16-11(9-15-10)14-17-12(2,3)13(4,5)18-14/h8-9H,6-7H2,1-5H3/i1D3,6D2,7D2,8D,9D. The summed E-state index contributed by atoms with van der Waals surface area (Å²) < 4.78 is 80.4. The van der Waals surface area contributed by atoms with E-state index in [9.17, 15) is 0 Å². The molecule has 0 aliphatic carbocycles. The van der Waals surface area contributed by atoms with Gasteiger partial charge in [0.05, 0.1) is 25.2 Å². The first-order valence-electron chi connectivity index (χ1n) is 10.1. The first-order valence-corrected chi connectivity index (χ1v) is 5.56. The summed E-state index contributed by atoms with van der Waals surface area (Å²) >= 11 is 0. The number of hydrogen-bond donors (Lipinski definition) is 0. The molecule has 0 radical (unpaired) electrons. The molecule has 0 unspecified atom stereocenters. The second-order valence-electron chi connectivity index (χ2n) is 5.02. The van der Waals surface area contributed by atoms with Gasteiger partial charge in [0.2, 0.25) is 0 Å². The van der Waals surface area contributed by atoms with E-state index in [2.05, 4.69) is 9.97 Å². The van der Waals surface area contributed by atoms with Crippen molar-refractivity contribution < 1.29 is 21.6 Å². The number of aryl methyl sites for hydroxylation is 1. The normalized spacial score (nSPS) is 30.9. The predicted octanol–water partition coefficient (Wildman–Crippen LogP) is 1.73. The molecule has 5 heteroatoms. The fourth-order valence-electron chi connectivity index (χ4n) is 1.45. The van der Waals surface area contributed by atoms with Crippen molar-refractivity contribution in [1.29, 1.82) is 0 Å². The lowest BCUT2D eigenvalue weighted by Gasteiger charge is -2.32. The SMILES string of the molecule is [2H]c1nc(C([2H])([2H])C([2H])([2H])C([2H])([2H])[2H])c([2H])nc1B1OC(C)(C)C(C)(C)O1. The molecular formula is C13H21BN2O2. The van der Waals surface area contributed by atoms with Crippen LogP contribution in [0, 0.1) is 0 Å². The van der Waals surface area contributed by atoms with Gasteiger partial charge in [-0.1, -0.05) is 13.2 Å². The first-order chi connectivity index (χ1) is 11.8. The van der Waals surface area contributed by atoms with Gasteiger partial charge in [-0.2, -0.15) is 0 Å². The molecule has 1 saturated heterocycles. The third kappa shape index (κ3) is 2.42. The zero-order valence-electron chi connectivity index (χ0n) is 19.8. The maximum atomic E-state index is 8.03. The Kier molecular flexibility index (Phi) is 1.55. The van der Waals surface area contributed by atoms with Gasteiger partial charge in [0.15, 0.2) is 0 Å². The summed E-state index contributed by atoms with van der Waals surface area (Å²) in [4.78, 5) is 7.48. The van der Waals surface area contributed by atoms with Crippen molar-refractivity contribution in [3.05, 3.63) is 18.0 Å². The van der Waals surface area contributed by atoms with Crippen LogP contribution in [0.1, 0.15) is 59.0 Å². The summed E-state index contributed by atoms with van der Waals surface area (Å²) in [6, 6.07) is 0. The van der Waals surface area contributed by atoms with E-state index in [1.54, 1.807) is 27.7 Å². The molecule has 4 nitrogen and oxygen atoms in total. The van der Waals surface area contributed by atoms with Gasteiger partial charge < -0.3 is 9.31 Å². The van der Waals surface area contributed by atoms with Crippen LogP contribution in [0.2, 0.25) is 0 Å². The predicted molar refractivity (Wildman–Crippen MR) is 71.7 cm³/mol. The fraction of sp³-hybridized carbons (Fsp3) is 0.692. The van der Waals surface area contributed by atoms with Crippen LogP contribution in [0.25, 0.3) is 0 Å². The van der Waals surface area contributed by atoms with Crippen LogP contribution in [0.15, 0.2) is 12.3 Å². The Morgan fingerprint density at radius 3 is 2.56 bits per heavy atom. The van der Waals surface area contributed by atoms with Crippen LogP contribution in [-0.4, -0.2) is 28.3 Å². The highest BCUT2D eigenvalue weighted by atomic mass is 16.7. The van der Waals surface area contributed by atoms with E-state index in [4.69, 9.17) is 21.6 Å². The zero-order chi connectivity index (χ0) is 21.2. The van der Waals surface area contributed by atoms with Crippen LogP contribution < -0.4 is 5.59 Å². The highest BCUT2D eigenvalue weighted by Gasteiger charge is 2.52. The Balaban J connectivity index is 2.50. The molecule has 1 aliphatic rings. The Bertz CT molecular complexity index is 736. The van der Waals surface area contributed by atoms with E-state index in [0.29, 0.717) is 0 Å². The van der Waals surface area contributed by atoms with E-state index < -0.39 is 56.0 Å². The topological polar surface area (TPSA) is 44.2 Å². The van der Waals surface area contributed by atoms with E-state index in [0.717, 1.165) is 0 Å². The van der Waals surface area contributed by atoms with Gasteiger partial charge in [-0.05, 0) is 34.1 Å². The molecule has 0 N–H and O–H groups in total. The van der Waals surface area contributed by atoms with Crippen LogP contribution in [0.3, 0.4) is 0 Å². The fourth-order valence-corrected chi connectivity index (χ4v) is 1.45. The van der Waals surface area contributed by atoms with Gasteiger partial charge in [-0.3, -0.25) is 9.97 Å². The quantitative estimate of drug-likeness (QED) is 0.773. The molecule has 1 aromatic heterocycles. The number of aromatic nitrogens is 2. The molecule has 0 amide bonds. The van der Waals surface area contributed by atoms with Crippen LogP contribution in [0.4, 0.5) is 0 Å². The van der Waals surface area contributed by atoms with Crippen molar-refractivity contribution in [2.45, 2.75) is 58.5 Å². The third-order valence-corrected chi connectivity index (χ3v) is 3.22. The maximum absolute atomic E-state index is 8.03. The molecule has 18 heavy (non-hydrogen) atoms. The Labute approximate surface area is 122 Å². The Morgan fingerprint density at radius 2 is 1.94 bits per heavy atom. The zero-order valence-corrected chi connectivity index (χ0v) is 10.8. The lowest BCUT2D eigenvalue weighted by atomic mass is 9.85. The molecule has 2 heterocycles. The summed E-state index contributed by atoms with van der Waals surface area (Å²) in [5, 5.41) is 0. The summed E-state index contributed by atoms with van der Waals surface area (Å²) in [6.07, 6.45) is -7.88. The lowest BCUT2D eigenvalue weighted by Crippen LogP contribution is -2.41. The van der Waals surface area contributed by atoms with E-state index in [1.807, 2.05) is 0 Å². The van der Waals surface area contributed by atoms with Gasteiger partial charge in [-0.15, -0.1) is 0 Å². The summed E-state index contributed by atoms with van der Waals surface area (Å²) in [5.74, 6) is 0. The Morgan fingerprint density at radius 1 is 1.28 bits per heavy atom. The second kappa shape index (κ2) is 4.63. The molecule has 1 fully saturated rings. The van der Waals surface area contributed by atoms with Crippen molar-refractivity contribution in [1.82, 2.24) is 9.97 Å². The van der Waals surface area contributed by atoms with Crippen molar-refractivity contribution in [2.75, 3.05) is 0 Å². The van der Waals surface area contributed by atoms with Crippen LogP contribution >= 0.6 is 0 Å². The lowest BCUT2D eigenvalue weighted by molar-refractivity contribution is 0.00578. The minimum atomic E-state index is -3.34. The molecule has 1 aliphatic heterocycles. The van der Waals surface area contributed by atoms with Crippen molar-refractivity contribution in [3.8, 4) is 0 Å². The Hall–Kier alpha value is -0.935. The van der Waals surface area contributed by atoms with Gasteiger partial charge in [-0.25, -0.2) is 0 Å². The molecule has 0 bridgehead atoms. The smallest absolute Gasteiger partial charge is 0.398 e. The molecule has 0 aromatic carbocycles. The van der Waals surface area contributed by atoms with E-state index in [-0.39, 0.29) is 5.59 Å². The third-order valence-electron chi connectivity index (χ3n) is 3.22. The highest BCUT2D eigenvalue weighted by Crippen LogP contribution is 2.36. The number of nitrogens with zero attached hydrogens (tertiary/aromatic N) is 2. The van der Waals surface area contributed by atoms with Crippen LogP contribution in [-0.2, 0) is 15.7 Å². The van der Waals surface area contributed by atoms with Crippen molar-refractivity contribution in [2.24, 2.45) is 0 Å². The van der Waals surface area contributed by atoms with Gasteiger partial charge in [0, 0.05) is 21.9 Å². The number of rotatable bonds is 3. The number of hydrogen-bond acceptors (Lipinski definition) is 4. The molecular weight excluding hydrogens is 227 g/mol. The molecule has 2 rings (SSSR count). The minimum Gasteiger partial charge on any atom is -0.398 e. The van der Waals surface area contributed by atoms with E-state index in [1.165, 1.54) is 0 Å². The highest BCUT2D eigenvalue weighted by molar-refractivity contribution is 6.61. The summed E-state index contributed by atoms with van der Waals surface area (Å²) in [5.41, 5.74) is -2.50. The molecule has 98 valence electrons. The molecule has 0 spiro atoms. The summed E-state index contributed by atoms with van der Waals surface area (Å²) in [7, 11) is -1.11. The van der Waals surface area contributed by atoms with Crippen LogP contribution in [0.5, 0.6) is 0 Å². The first kappa shape index (κ1) is 6.01. The summed E-state index contributed by atoms with van der Waals surface area (Å²) in [6.45, 7) is 3.82. The van der Waals surface area contributed by atoms with Gasteiger partial charge in [0.25, 0.3) is 0 Å². The van der Waals surface area contributed by atoms with E-state index >= 15 is 0 Å². The largest absolute Gasteiger partial charge is 0.516 e. The van der Waals surface area contributed by atoms with Gasteiger partial charge >= 0.3 is 7.12 Å². The minimum absolute atomic E-state index is 0.160. The average molecular weight is 257 g/mol. The van der Waals surface area contributed by atoms with Gasteiger partial charge in [0.1, 0.15) is 0 Å². The van der Waals surface area contributed by atoms with Crippen molar-refractivity contribution in [3.63, 3.8) is 0 Å². The molecule has 0 saturated carbocycles. The maximum Gasteiger partial charge on any atom is 0.516 e. The average Bonchev–Trinajstić information content (AvgIpc) is 2.67. The molecule has 0 atom stereocenters.